The molecule has 1 fully saturated rings. The molecule has 1 aliphatic rings. The van der Waals surface area contributed by atoms with Crippen LogP contribution >= 0.6 is 0 Å². The van der Waals surface area contributed by atoms with Crippen molar-refractivity contribution in [1.29, 1.82) is 5.26 Å². The van der Waals surface area contributed by atoms with E-state index in [1.807, 2.05) is 44.3 Å². The number of nitriles is 1. The molecular weight excluding hydrogens is 328 g/mol. The fourth-order valence-electron chi connectivity index (χ4n) is 3.49. The van der Waals surface area contributed by atoms with Gasteiger partial charge in [0.2, 0.25) is 0 Å². The first-order valence-corrected chi connectivity index (χ1v) is 8.69. The van der Waals surface area contributed by atoms with Gasteiger partial charge in [-0.25, -0.2) is 4.68 Å². The Balaban J connectivity index is 1.73. The number of β-amino-alcohol motifs (C(OH)–C–C–N with tert-alkyl or cyclic N) is 1. The molecule has 3 heterocycles. The summed E-state index contributed by atoms with van der Waals surface area (Å²) in [6.45, 7) is 5.04. The number of hydrogen-bond donors (Lipinski definition) is 1. The smallest absolute Gasteiger partial charge is 0.129 e. The van der Waals surface area contributed by atoms with Gasteiger partial charge in [0, 0.05) is 30.6 Å². The van der Waals surface area contributed by atoms with Gasteiger partial charge in [0.05, 0.1) is 29.5 Å². The average Bonchev–Trinajstić information content (AvgIpc) is 3.29. The molecule has 2 aromatic heterocycles. The van der Waals surface area contributed by atoms with Gasteiger partial charge in [0.1, 0.15) is 17.4 Å². The maximum Gasteiger partial charge on any atom is 0.129 e. The third-order valence-corrected chi connectivity index (χ3v) is 4.95. The van der Waals surface area contributed by atoms with Crippen LogP contribution in [-0.2, 0) is 5.60 Å². The molecule has 0 amide bonds. The topological polar surface area (TPSA) is 90.9 Å². The standard InChI is InChI=1S/C19H20N6O/c1-13(2)25-11-17(22-23-25)19(26)7-8-24(12-19)18-14(9-20)10-21-16-6-4-3-5-15(16)18/h3-6,10-11,13,26H,7-8,12H2,1-2H3/t19-/m0/s1. The highest BCUT2D eigenvalue weighted by Gasteiger charge is 2.41. The number of benzene rings is 1. The highest BCUT2D eigenvalue weighted by atomic mass is 16.3. The van der Waals surface area contributed by atoms with Crippen molar-refractivity contribution in [2.45, 2.75) is 31.9 Å². The molecule has 3 aromatic rings. The third kappa shape index (κ3) is 2.59. The third-order valence-electron chi connectivity index (χ3n) is 4.95. The molecule has 26 heavy (non-hydrogen) atoms. The van der Waals surface area contributed by atoms with Crippen molar-refractivity contribution in [3.63, 3.8) is 0 Å². The van der Waals surface area contributed by atoms with Crippen LogP contribution in [0.2, 0.25) is 0 Å². The minimum atomic E-state index is -1.08. The van der Waals surface area contributed by atoms with Crippen molar-refractivity contribution in [3.8, 4) is 6.07 Å². The molecule has 0 bridgehead atoms. The zero-order valence-electron chi connectivity index (χ0n) is 14.8. The number of rotatable bonds is 3. The van der Waals surface area contributed by atoms with Crippen molar-refractivity contribution in [3.05, 3.63) is 47.9 Å². The van der Waals surface area contributed by atoms with Gasteiger partial charge in [0.15, 0.2) is 0 Å². The Morgan fingerprint density at radius 3 is 2.85 bits per heavy atom. The Morgan fingerprint density at radius 1 is 1.31 bits per heavy atom. The summed E-state index contributed by atoms with van der Waals surface area (Å²) >= 11 is 0. The first-order valence-electron chi connectivity index (χ1n) is 8.69. The number of nitrogens with zero attached hydrogens (tertiary/aromatic N) is 6. The molecule has 7 heteroatoms. The first-order chi connectivity index (χ1) is 12.5. The SMILES string of the molecule is CC(C)n1cc([C@]2(O)CCN(c3c(C#N)cnc4ccccc34)C2)nn1. The molecule has 1 aliphatic heterocycles. The zero-order valence-corrected chi connectivity index (χ0v) is 14.8. The molecule has 1 saturated heterocycles. The number of para-hydroxylation sites is 1. The number of aromatic nitrogens is 4. The van der Waals surface area contributed by atoms with Crippen LogP contribution in [0.25, 0.3) is 10.9 Å². The number of anilines is 1. The Morgan fingerprint density at radius 2 is 2.12 bits per heavy atom. The summed E-state index contributed by atoms with van der Waals surface area (Å²) in [6, 6.07) is 10.2. The summed E-state index contributed by atoms with van der Waals surface area (Å²) in [5.41, 5.74) is 1.67. The number of pyridine rings is 1. The predicted molar refractivity (Wildman–Crippen MR) is 97.6 cm³/mol. The van der Waals surface area contributed by atoms with Crippen molar-refractivity contribution in [1.82, 2.24) is 20.0 Å². The van der Waals surface area contributed by atoms with Gasteiger partial charge in [-0.15, -0.1) is 5.10 Å². The van der Waals surface area contributed by atoms with E-state index in [1.54, 1.807) is 10.9 Å². The van der Waals surface area contributed by atoms with E-state index >= 15 is 0 Å². The van der Waals surface area contributed by atoms with Crippen molar-refractivity contribution < 1.29 is 5.11 Å². The van der Waals surface area contributed by atoms with Crippen LogP contribution in [0.5, 0.6) is 0 Å². The van der Waals surface area contributed by atoms with Gasteiger partial charge < -0.3 is 10.0 Å². The second-order valence-electron chi connectivity index (χ2n) is 7.03. The quantitative estimate of drug-likeness (QED) is 0.781. The molecule has 132 valence electrons. The highest BCUT2D eigenvalue weighted by Crippen LogP contribution is 2.38. The van der Waals surface area contributed by atoms with Crippen LogP contribution in [0.3, 0.4) is 0 Å². The summed E-state index contributed by atoms with van der Waals surface area (Å²) in [5.74, 6) is 0. The lowest BCUT2D eigenvalue weighted by atomic mass is 10.00. The molecule has 7 nitrogen and oxygen atoms in total. The summed E-state index contributed by atoms with van der Waals surface area (Å²) < 4.78 is 1.75. The number of hydrogen-bond acceptors (Lipinski definition) is 6. The van der Waals surface area contributed by atoms with E-state index in [4.69, 9.17) is 0 Å². The molecule has 1 N–H and O–H groups in total. The maximum absolute atomic E-state index is 11.2. The molecule has 0 unspecified atom stereocenters. The largest absolute Gasteiger partial charge is 0.381 e. The van der Waals surface area contributed by atoms with Crippen LogP contribution in [0.4, 0.5) is 5.69 Å². The van der Waals surface area contributed by atoms with Crippen LogP contribution in [0.1, 0.15) is 37.6 Å². The fraction of sp³-hybridized carbons (Fsp3) is 0.368. The van der Waals surface area contributed by atoms with Crippen LogP contribution in [0, 0.1) is 11.3 Å². The number of aliphatic hydroxyl groups is 1. The van der Waals surface area contributed by atoms with E-state index in [9.17, 15) is 10.4 Å². The van der Waals surface area contributed by atoms with Crippen molar-refractivity contribution >= 4 is 16.6 Å². The molecule has 0 saturated carbocycles. The molecule has 1 atom stereocenters. The molecule has 1 aromatic carbocycles. The molecule has 0 aliphatic carbocycles. The minimum absolute atomic E-state index is 0.187. The summed E-state index contributed by atoms with van der Waals surface area (Å²) in [5, 5.41) is 29.9. The van der Waals surface area contributed by atoms with E-state index < -0.39 is 5.60 Å². The van der Waals surface area contributed by atoms with E-state index in [1.165, 1.54) is 0 Å². The summed E-state index contributed by atoms with van der Waals surface area (Å²) in [7, 11) is 0. The monoisotopic (exact) mass is 348 g/mol. The Bertz CT molecular complexity index is 1000. The number of fused-ring (bicyclic) bond motifs is 1. The lowest BCUT2D eigenvalue weighted by molar-refractivity contribution is 0.0559. The average molecular weight is 348 g/mol. The Labute approximate surface area is 151 Å². The van der Waals surface area contributed by atoms with E-state index in [-0.39, 0.29) is 6.04 Å². The van der Waals surface area contributed by atoms with E-state index in [2.05, 4.69) is 26.3 Å². The Hall–Kier alpha value is -2.98. The van der Waals surface area contributed by atoms with Gasteiger partial charge in [-0.2, -0.15) is 5.26 Å². The normalized spacial score (nSPS) is 20.0. The van der Waals surface area contributed by atoms with Crippen LogP contribution < -0.4 is 4.90 Å². The van der Waals surface area contributed by atoms with Crippen molar-refractivity contribution in [2.24, 2.45) is 0 Å². The van der Waals surface area contributed by atoms with E-state index in [0.29, 0.717) is 30.8 Å². The summed E-state index contributed by atoms with van der Waals surface area (Å²) in [6.07, 6.45) is 3.94. The molecule has 0 radical (unpaired) electrons. The first kappa shape index (κ1) is 16.5. The maximum atomic E-state index is 11.2. The van der Waals surface area contributed by atoms with Gasteiger partial charge in [0.25, 0.3) is 0 Å². The second kappa shape index (κ2) is 6.07. The van der Waals surface area contributed by atoms with Crippen molar-refractivity contribution in [2.75, 3.05) is 18.0 Å². The van der Waals surface area contributed by atoms with Gasteiger partial charge in [-0.05, 0) is 19.9 Å². The summed E-state index contributed by atoms with van der Waals surface area (Å²) in [4.78, 5) is 6.42. The van der Waals surface area contributed by atoms with E-state index in [0.717, 1.165) is 16.6 Å². The Kier molecular flexibility index (Phi) is 3.85. The second-order valence-corrected chi connectivity index (χ2v) is 7.03. The molecule has 4 rings (SSSR count). The fourth-order valence-corrected chi connectivity index (χ4v) is 3.49. The van der Waals surface area contributed by atoms with Crippen LogP contribution in [-0.4, -0.2) is 38.2 Å². The van der Waals surface area contributed by atoms with Gasteiger partial charge >= 0.3 is 0 Å². The molecular formula is C19H20N6O. The molecule has 0 spiro atoms. The van der Waals surface area contributed by atoms with Gasteiger partial charge in [-0.3, -0.25) is 4.98 Å². The van der Waals surface area contributed by atoms with Crippen LogP contribution in [0.15, 0.2) is 36.7 Å². The van der Waals surface area contributed by atoms with Gasteiger partial charge in [-0.1, -0.05) is 23.4 Å². The zero-order chi connectivity index (χ0) is 18.3. The predicted octanol–water partition coefficient (Wildman–Crippen LogP) is 2.38. The minimum Gasteiger partial charge on any atom is -0.381 e. The lowest BCUT2D eigenvalue weighted by Crippen LogP contribution is -2.31. The lowest BCUT2D eigenvalue weighted by Gasteiger charge is -2.24. The highest BCUT2D eigenvalue weighted by molar-refractivity contribution is 5.94.